The Balaban J connectivity index is 1.84. The van der Waals surface area contributed by atoms with Gasteiger partial charge in [-0.2, -0.15) is 0 Å². The van der Waals surface area contributed by atoms with Crippen molar-refractivity contribution in [3.63, 3.8) is 0 Å². The Morgan fingerprint density at radius 1 is 0.914 bits per heavy atom. The van der Waals surface area contributed by atoms with Crippen molar-refractivity contribution < 1.29 is 14.0 Å². The van der Waals surface area contributed by atoms with Crippen molar-refractivity contribution in [2.24, 2.45) is 0 Å². The minimum absolute atomic E-state index is 0.0486. The zero-order chi connectivity index (χ0) is 25.2. The molecule has 6 heteroatoms. The molecule has 0 aliphatic carbocycles. The summed E-state index contributed by atoms with van der Waals surface area (Å²) in [6, 6.07) is 23.6. The first-order valence-corrected chi connectivity index (χ1v) is 13.0. The standard InChI is InChI=1S/C29H33FN2O2S/c1-21(2)31-29(34)27(17-23-9-5-4-6-10-23)32(18-24-15-13-22(3)14-16-24)28(33)20-35-19-25-11-7-8-12-26(25)30/h4-16,21,27H,17-20H2,1-3H3,(H,31,34). The zero-order valence-corrected chi connectivity index (χ0v) is 21.4. The molecule has 0 saturated heterocycles. The predicted octanol–water partition coefficient (Wildman–Crippen LogP) is 5.53. The molecule has 4 nitrogen and oxygen atoms in total. The summed E-state index contributed by atoms with van der Waals surface area (Å²) < 4.78 is 14.0. The van der Waals surface area contributed by atoms with Crippen molar-refractivity contribution in [1.82, 2.24) is 10.2 Å². The van der Waals surface area contributed by atoms with Crippen LogP contribution in [0.4, 0.5) is 4.39 Å². The van der Waals surface area contributed by atoms with E-state index in [0.29, 0.717) is 24.3 Å². The number of benzene rings is 3. The van der Waals surface area contributed by atoms with E-state index in [1.165, 1.54) is 17.8 Å². The third kappa shape index (κ3) is 8.25. The van der Waals surface area contributed by atoms with Gasteiger partial charge in [-0.1, -0.05) is 78.4 Å². The van der Waals surface area contributed by atoms with Gasteiger partial charge in [0.05, 0.1) is 5.75 Å². The van der Waals surface area contributed by atoms with Crippen LogP contribution in [-0.4, -0.2) is 34.6 Å². The Hall–Kier alpha value is -3.12. The number of rotatable bonds is 11. The summed E-state index contributed by atoms with van der Waals surface area (Å²) >= 11 is 1.36. The lowest BCUT2D eigenvalue weighted by molar-refractivity contribution is -0.139. The van der Waals surface area contributed by atoms with Gasteiger partial charge in [0.2, 0.25) is 11.8 Å². The molecule has 0 spiro atoms. The summed E-state index contributed by atoms with van der Waals surface area (Å²) in [5.41, 5.74) is 3.63. The van der Waals surface area contributed by atoms with Gasteiger partial charge in [0, 0.05) is 24.8 Å². The number of aryl methyl sites for hydroxylation is 1. The first-order chi connectivity index (χ1) is 16.8. The van der Waals surface area contributed by atoms with Gasteiger partial charge < -0.3 is 10.2 Å². The Bertz CT molecular complexity index is 1100. The highest BCUT2D eigenvalue weighted by atomic mass is 32.2. The van der Waals surface area contributed by atoms with Crippen LogP contribution in [0.1, 0.15) is 36.1 Å². The number of hydrogen-bond donors (Lipinski definition) is 1. The normalized spacial score (nSPS) is 11.8. The molecule has 184 valence electrons. The third-order valence-corrected chi connectivity index (χ3v) is 6.58. The Morgan fingerprint density at radius 3 is 2.23 bits per heavy atom. The molecule has 2 amide bonds. The van der Waals surface area contributed by atoms with Crippen LogP contribution in [0.2, 0.25) is 0 Å². The zero-order valence-electron chi connectivity index (χ0n) is 20.5. The van der Waals surface area contributed by atoms with Crippen LogP contribution >= 0.6 is 11.8 Å². The highest BCUT2D eigenvalue weighted by Gasteiger charge is 2.30. The van der Waals surface area contributed by atoms with Crippen LogP contribution in [0.3, 0.4) is 0 Å². The molecule has 1 N–H and O–H groups in total. The maximum atomic E-state index is 14.0. The topological polar surface area (TPSA) is 49.4 Å². The number of carbonyl (C=O) groups excluding carboxylic acids is 2. The Morgan fingerprint density at radius 2 is 1.57 bits per heavy atom. The fourth-order valence-corrected chi connectivity index (χ4v) is 4.67. The molecule has 0 fully saturated rings. The van der Waals surface area contributed by atoms with E-state index in [-0.39, 0.29) is 29.4 Å². The van der Waals surface area contributed by atoms with Gasteiger partial charge in [0.25, 0.3) is 0 Å². The van der Waals surface area contributed by atoms with E-state index in [9.17, 15) is 14.0 Å². The first kappa shape index (κ1) is 26.5. The summed E-state index contributed by atoms with van der Waals surface area (Å²) in [7, 11) is 0. The molecular formula is C29H33FN2O2S. The molecule has 1 atom stereocenters. The molecule has 0 aliphatic heterocycles. The van der Waals surface area contributed by atoms with Crippen LogP contribution in [0, 0.1) is 12.7 Å². The molecule has 35 heavy (non-hydrogen) atoms. The fraction of sp³-hybridized carbons (Fsp3) is 0.310. The van der Waals surface area contributed by atoms with E-state index in [4.69, 9.17) is 0 Å². The van der Waals surface area contributed by atoms with Crippen molar-refractivity contribution in [3.8, 4) is 0 Å². The highest BCUT2D eigenvalue weighted by Crippen LogP contribution is 2.20. The summed E-state index contributed by atoms with van der Waals surface area (Å²) in [6.45, 7) is 6.16. The van der Waals surface area contributed by atoms with Crippen molar-refractivity contribution in [1.29, 1.82) is 0 Å². The van der Waals surface area contributed by atoms with Crippen LogP contribution in [0.25, 0.3) is 0 Å². The summed E-state index contributed by atoms with van der Waals surface area (Å²) in [4.78, 5) is 28.5. The van der Waals surface area contributed by atoms with E-state index >= 15 is 0 Å². The van der Waals surface area contributed by atoms with Gasteiger partial charge in [-0.3, -0.25) is 9.59 Å². The van der Waals surface area contributed by atoms with Crippen LogP contribution < -0.4 is 5.32 Å². The van der Waals surface area contributed by atoms with Crippen LogP contribution in [-0.2, 0) is 28.3 Å². The lowest BCUT2D eigenvalue weighted by Gasteiger charge is -2.32. The third-order valence-electron chi connectivity index (χ3n) is 5.62. The van der Waals surface area contributed by atoms with E-state index in [0.717, 1.165) is 16.7 Å². The monoisotopic (exact) mass is 492 g/mol. The first-order valence-electron chi connectivity index (χ1n) is 11.8. The molecule has 0 aromatic heterocycles. The molecule has 0 aliphatic rings. The minimum Gasteiger partial charge on any atom is -0.352 e. The molecule has 3 aromatic carbocycles. The second kappa shape index (κ2) is 13.1. The number of amides is 2. The van der Waals surface area contributed by atoms with Gasteiger partial charge in [-0.15, -0.1) is 11.8 Å². The summed E-state index contributed by atoms with van der Waals surface area (Å²) in [6.07, 6.45) is 0.412. The lowest BCUT2D eigenvalue weighted by Crippen LogP contribution is -2.52. The van der Waals surface area contributed by atoms with Crippen molar-refractivity contribution in [3.05, 3.63) is 107 Å². The van der Waals surface area contributed by atoms with Gasteiger partial charge in [0.1, 0.15) is 11.9 Å². The molecule has 0 saturated carbocycles. The second-order valence-electron chi connectivity index (χ2n) is 8.96. The summed E-state index contributed by atoms with van der Waals surface area (Å²) in [5.74, 6) is -0.0592. The largest absolute Gasteiger partial charge is 0.352 e. The van der Waals surface area contributed by atoms with Crippen LogP contribution in [0.5, 0.6) is 0 Å². The quantitative estimate of drug-likeness (QED) is 0.383. The Labute approximate surface area is 211 Å². The van der Waals surface area contributed by atoms with Gasteiger partial charge in [-0.25, -0.2) is 4.39 Å². The fourth-order valence-electron chi connectivity index (χ4n) is 3.77. The number of halogens is 1. The number of nitrogens with zero attached hydrogens (tertiary/aromatic N) is 1. The van der Waals surface area contributed by atoms with Crippen LogP contribution in [0.15, 0.2) is 78.9 Å². The maximum absolute atomic E-state index is 14.0. The molecule has 1 unspecified atom stereocenters. The van der Waals surface area contributed by atoms with E-state index in [2.05, 4.69) is 5.32 Å². The SMILES string of the molecule is Cc1ccc(CN(C(=O)CSCc2ccccc2F)C(Cc2ccccc2)C(=O)NC(C)C)cc1. The average molecular weight is 493 g/mol. The molecular weight excluding hydrogens is 459 g/mol. The van der Waals surface area contributed by atoms with Crippen molar-refractivity contribution in [2.75, 3.05) is 5.75 Å². The van der Waals surface area contributed by atoms with E-state index < -0.39 is 6.04 Å². The number of thioether (sulfide) groups is 1. The van der Waals surface area contributed by atoms with E-state index in [1.54, 1.807) is 23.1 Å². The predicted molar refractivity (Wildman–Crippen MR) is 142 cm³/mol. The highest BCUT2D eigenvalue weighted by molar-refractivity contribution is 7.99. The average Bonchev–Trinajstić information content (AvgIpc) is 2.84. The molecule has 0 heterocycles. The second-order valence-corrected chi connectivity index (χ2v) is 9.95. The number of carbonyl (C=O) groups is 2. The van der Waals surface area contributed by atoms with Gasteiger partial charge in [0.15, 0.2) is 0 Å². The number of nitrogens with one attached hydrogen (secondary N) is 1. The maximum Gasteiger partial charge on any atom is 0.243 e. The van der Waals surface area contributed by atoms with Gasteiger partial charge >= 0.3 is 0 Å². The summed E-state index contributed by atoms with van der Waals surface area (Å²) in [5, 5.41) is 2.99. The molecule has 3 rings (SSSR count). The van der Waals surface area contributed by atoms with Gasteiger partial charge in [-0.05, 0) is 43.5 Å². The molecule has 0 radical (unpaired) electrons. The van der Waals surface area contributed by atoms with E-state index in [1.807, 2.05) is 75.4 Å². The minimum atomic E-state index is -0.664. The van der Waals surface area contributed by atoms with Crippen molar-refractivity contribution >= 4 is 23.6 Å². The smallest absolute Gasteiger partial charge is 0.243 e. The Kier molecular flexibility index (Phi) is 9.91. The number of hydrogen-bond acceptors (Lipinski definition) is 3. The van der Waals surface area contributed by atoms with Crippen molar-refractivity contribution in [2.45, 2.75) is 51.6 Å². The molecule has 0 bridgehead atoms. The lowest BCUT2D eigenvalue weighted by atomic mass is 10.0. The molecule has 3 aromatic rings.